The van der Waals surface area contributed by atoms with Crippen LogP contribution in [0.3, 0.4) is 0 Å². The van der Waals surface area contributed by atoms with Crippen LogP contribution in [0.15, 0.2) is 0 Å². The second kappa shape index (κ2) is 31.7. The third-order valence-electron chi connectivity index (χ3n) is 15.9. The summed E-state index contributed by atoms with van der Waals surface area (Å²) in [5.74, 6) is 0. The number of ether oxygens (including phenoxy) is 16. The van der Waals surface area contributed by atoms with E-state index < -0.39 is 287 Å². The summed E-state index contributed by atoms with van der Waals surface area (Å²) in [5, 5.41) is 109. The highest BCUT2D eigenvalue weighted by Crippen LogP contribution is 2.36. The summed E-state index contributed by atoms with van der Waals surface area (Å²) in [5.41, 5.74) is 24.9. The van der Waals surface area contributed by atoms with Gasteiger partial charge in [-0.2, -0.15) is 25.3 Å². The standard InChI is InChI=1S/C45H80N4O38S3/c1-69-42-30(46)34(56)39(23(81-42)11-74-88(60,61)62)86-28-5-17(54)22(10-73-28)80-45-33(49)37(59)41(25(83-45)13-76-90(66,67)68)87-29-4-16(53)20(8-72-29)78-43-31(47)35(57)38(19(6-50)77-43)84-27-3-15(52)21(9-71-27)79-44-32(48)36(58)40(24(82-44)12-75-89(63,64)65)85-26-2-14(51)18(55)7-70-26/h14-45,50-59H,2-13,46-49H2,1H3,(H,60,61,62)(H,63,64,65)(H,66,67,68)/t14-,15-,16-,17-,18+,19?,20-,21?,22-,23?,24?,25?,26-,27-,28-,29-,30?,31?,32?,33?,34+,35+,36+,37+,38+,39+,40+,41+,42-,43?,44+,45+/m0/s1. The number of hydrogen-bond acceptors (Lipinski definition) is 39. The van der Waals surface area contributed by atoms with E-state index in [1.165, 1.54) is 7.11 Å². The van der Waals surface area contributed by atoms with Gasteiger partial charge in [-0.05, 0) is 0 Å². The summed E-state index contributed by atoms with van der Waals surface area (Å²) in [4.78, 5) is 0. The molecule has 32 atom stereocenters. The second-order valence-electron chi connectivity index (χ2n) is 22.3. The van der Waals surface area contributed by atoms with Crippen LogP contribution >= 0.6 is 0 Å². The Balaban J connectivity index is 0.808. The van der Waals surface area contributed by atoms with Gasteiger partial charge >= 0.3 is 31.2 Å². The molecule has 10 unspecified atom stereocenters. The number of aliphatic hydroxyl groups excluding tert-OH is 10. The third-order valence-corrected chi connectivity index (χ3v) is 17.2. The maximum atomic E-state index is 11.7. The van der Waals surface area contributed by atoms with E-state index in [4.69, 9.17) is 103 Å². The fourth-order valence-electron chi connectivity index (χ4n) is 10.9. The molecule has 0 radical (unpaired) electrons. The maximum absolute atomic E-state index is 11.7. The van der Waals surface area contributed by atoms with Crippen LogP contribution in [0.25, 0.3) is 0 Å². The van der Waals surface area contributed by atoms with E-state index in [9.17, 15) is 85.4 Å². The Bertz CT molecular complexity index is 2600. The Morgan fingerprint density at radius 3 is 0.922 bits per heavy atom. The Morgan fingerprint density at radius 2 is 0.644 bits per heavy atom. The average molecular weight is 1380 g/mol. The highest BCUT2D eigenvalue weighted by molar-refractivity contribution is 7.81. The van der Waals surface area contributed by atoms with Crippen molar-refractivity contribution < 1.29 is 178 Å². The van der Waals surface area contributed by atoms with Gasteiger partial charge in [0.05, 0.1) is 101 Å². The smallest absolute Gasteiger partial charge is 0.394 e. The van der Waals surface area contributed by atoms with Crippen LogP contribution in [-0.2, 0) is 120 Å². The normalized spacial score (nSPS) is 47.0. The number of rotatable bonds is 25. The van der Waals surface area contributed by atoms with Crippen LogP contribution in [0, 0.1) is 0 Å². The molecule has 8 rings (SSSR count). The van der Waals surface area contributed by atoms with Crippen molar-refractivity contribution >= 4 is 31.2 Å². The Morgan fingerprint density at radius 1 is 0.378 bits per heavy atom. The molecule has 90 heavy (non-hydrogen) atoms. The fraction of sp³-hybridized carbons (Fsp3) is 1.00. The highest BCUT2D eigenvalue weighted by Gasteiger charge is 2.54. The molecule has 0 aromatic carbocycles. The van der Waals surface area contributed by atoms with Crippen molar-refractivity contribution in [3.63, 3.8) is 0 Å². The van der Waals surface area contributed by atoms with Crippen LogP contribution < -0.4 is 22.9 Å². The zero-order valence-corrected chi connectivity index (χ0v) is 50.0. The Labute approximate surface area is 513 Å². The molecule has 8 heterocycles. The predicted molar refractivity (Wildman–Crippen MR) is 279 cm³/mol. The molecular formula is C45H80N4O38S3. The number of nitrogens with two attached hydrogens (primary N) is 4. The minimum atomic E-state index is -5.17. The van der Waals surface area contributed by atoms with Crippen LogP contribution in [0.2, 0.25) is 0 Å². The lowest BCUT2D eigenvalue weighted by atomic mass is 9.96. The van der Waals surface area contributed by atoms with E-state index in [-0.39, 0.29) is 19.4 Å². The first-order valence-corrected chi connectivity index (χ1v) is 32.1. The van der Waals surface area contributed by atoms with Gasteiger partial charge in [-0.3, -0.25) is 13.7 Å². The molecule has 42 nitrogen and oxygen atoms in total. The monoisotopic (exact) mass is 1380 g/mol. The molecule has 0 amide bonds. The van der Waals surface area contributed by atoms with Gasteiger partial charge < -0.3 is 150 Å². The maximum Gasteiger partial charge on any atom is 0.397 e. The summed E-state index contributed by atoms with van der Waals surface area (Å²) >= 11 is 0. The van der Waals surface area contributed by atoms with E-state index in [0.29, 0.717) is 0 Å². The summed E-state index contributed by atoms with van der Waals surface area (Å²) < 4.78 is 202. The van der Waals surface area contributed by atoms with Gasteiger partial charge in [0.1, 0.15) is 97.7 Å². The molecule has 8 fully saturated rings. The molecule has 526 valence electrons. The molecule has 0 spiro atoms. The van der Waals surface area contributed by atoms with E-state index in [0.717, 1.165) is 0 Å². The van der Waals surface area contributed by atoms with Gasteiger partial charge in [0.2, 0.25) is 0 Å². The largest absolute Gasteiger partial charge is 0.397 e. The lowest BCUT2D eigenvalue weighted by molar-refractivity contribution is -0.350. The van der Waals surface area contributed by atoms with Crippen molar-refractivity contribution in [2.45, 2.75) is 222 Å². The summed E-state index contributed by atoms with van der Waals surface area (Å²) in [6.07, 6.45) is -42.8. The van der Waals surface area contributed by atoms with Gasteiger partial charge in [0.15, 0.2) is 50.3 Å². The molecule has 0 aromatic rings. The minimum Gasteiger partial charge on any atom is -0.394 e. The van der Waals surface area contributed by atoms with Crippen LogP contribution in [0.5, 0.6) is 0 Å². The van der Waals surface area contributed by atoms with Crippen molar-refractivity contribution in [2.24, 2.45) is 22.9 Å². The molecule has 8 aliphatic heterocycles. The SMILES string of the molecule is CO[C@H]1OC(COS(=O)(=O)O)[C@@H](O[C@H]2C[C@H](O)[C@@H](O[C@@H]3OC(COS(=O)(=O)O)[C@@H](O[C@H]4C[C@H](O)[C@@H](OC5OC(CO)[C@@H](O[C@H]6C[C@H](O)C(O[C@@H]7OC(COS(=O)(=O)O)[C@@H](O[C@H]8C[C@H](O)[C@H](O)CO8)[C@H](O)C7N)CO6)[C@H](O)C5N)CO4)[C@H](O)C3N)CO2)[C@H](O)C1N. The molecule has 0 aliphatic carbocycles. The third kappa shape index (κ3) is 19.4. The zero-order chi connectivity index (χ0) is 65.9. The topological polar surface area (TPSA) is 645 Å². The van der Waals surface area contributed by atoms with E-state index in [1.54, 1.807) is 0 Å². The summed E-state index contributed by atoms with van der Waals surface area (Å²) in [6, 6.07) is -5.74. The van der Waals surface area contributed by atoms with Crippen LogP contribution in [0.1, 0.15) is 25.7 Å². The first-order chi connectivity index (χ1) is 42.2. The first-order valence-electron chi connectivity index (χ1n) is 28.0. The molecular weight excluding hydrogens is 1300 g/mol. The minimum absolute atomic E-state index is 0.270. The molecule has 8 aliphatic rings. The molecule has 0 aromatic heterocycles. The van der Waals surface area contributed by atoms with Crippen LogP contribution in [-0.4, -0.2) is 347 Å². The van der Waals surface area contributed by atoms with Crippen molar-refractivity contribution in [1.29, 1.82) is 0 Å². The van der Waals surface area contributed by atoms with Gasteiger partial charge in [-0.1, -0.05) is 0 Å². The molecule has 0 saturated carbocycles. The van der Waals surface area contributed by atoms with Crippen LogP contribution in [0.4, 0.5) is 0 Å². The van der Waals surface area contributed by atoms with Gasteiger partial charge in [0, 0.05) is 32.8 Å². The quantitative estimate of drug-likeness (QED) is 0.0377. The lowest BCUT2D eigenvalue weighted by Gasteiger charge is -2.47. The highest BCUT2D eigenvalue weighted by atomic mass is 32.3. The summed E-state index contributed by atoms with van der Waals surface area (Å²) in [7, 11) is -14.0. The number of hydrogen-bond donors (Lipinski definition) is 17. The lowest BCUT2D eigenvalue weighted by Crippen LogP contribution is -2.66. The Hall–Kier alpha value is -1.59. The molecule has 0 bridgehead atoms. The summed E-state index contributed by atoms with van der Waals surface area (Å²) in [6.45, 7) is -5.50. The van der Waals surface area contributed by atoms with Crippen molar-refractivity contribution in [1.82, 2.24) is 0 Å². The number of methoxy groups -OCH3 is 1. The second-order valence-corrected chi connectivity index (χ2v) is 25.5. The van der Waals surface area contributed by atoms with E-state index >= 15 is 0 Å². The van der Waals surface area contributed by atoms with Crippen molar-refractivity contribution in [3.8, 4) is 0 Å². The number of aliphatic hydroxyl groups is 10. The van der Waals surface area contributed by atoms with Crippen molar-refractivity contribution in [2.75, 3.05) is 60.0 Å². The van der Waals surface area contributed by atoms with Gasteiger partial charge in [0.25, 0.3) is 0 Å². The molecule has 45 heteroatoms. The fourth-order valence-corrected chi connectivity index (χ4v) is 11.9. The Kier molecular flexibility index (Phi) is 26.2. The van der Waals surface area contributed by atoms with E-state index in [2.05, 4.69) is 12.5 Å². The van der Waals surface area contributed by atoms with Crippen molar-refractivity contribution in [3.05, 3.63) is 0 Å². The molecule has 21 N–H and O–H groups in total. The first kappa shape index (κ1) is 74.2. The van der Waals surface area contributed by atoms with Gasteiger partial charge in [-0.15, -0.1) is 0 Å². The van der Waals surface area contributed by atoms with E-state index in [1.807, 2.05) is 0 Å². The zero-order valence-electron chi connectivity index (χ0n) is 47.5. The average Bonchev–Trinajstić information content (AvgIpc) is 0.835. The predicted octanol–water partition coefficient (Wildman–Crippen LogP) is -11.8. The molecule has 8 saturated heterocycles. The van der Waals surface area contributed by atoms with Gasteiger partial charge in [-0.25, -0.2) is 12.5 Å².